The second-order valence-electron chi connectivity index (χ2n) is 3.91. The first-order valence-corrected chi connectivity index (χ1v) is 5.51. The highest BCUT2D eigenvalue weighted by atomic mass is 16.2. The minimum Gasteiger partial charge on any atom is -0.274 e. The van der Waals surface area contributed by atoms with Gasteiger partial charge in [0.05, 0.1) is 0 Å². The first kappa shape index (κ1) is 11.0. The molecule has 0 bridgehead atoms. The molecule has 0 aromatic heterocycles. The minimum absolute atomic E-state index is 0.0150. The number of nitrogens with zero attached hydrogens (tertiary/aromatic N) is 2. The van der Waals surface area contributed by atoms with Gasteiger partial charge in [-0.25, -0.2) is 4.90 Å². The zero-order valence-electron chi connectivity index (χ0n) is 8.83. The Balaban J connectivity index is 2.44. The predicted octanol–water partition coefficient (Wildman–Crippen LogP) is 2.43. The van der Waals surface area contributed by atoms with Crippen LogP contribution in [0.2, 0.25) is 0 Å². The summed E-state index contributed by atoms with van der Waals surface area (Å²) in [7, 11) is 0. The van der Waals surface area contributed by atoms with E-state index in [1.54, 1.807) is 0 Å². The molecule has 14 heavy (non-hydrogen) atoms. The van der Waals surface area contributed by atoms with E-state index in [0.29, 0.717) is 6.42 Å². The van der Waals surface area contributed by atoms with E-state index >= 15 is 0 Å². The second-order valence-corrected chi connectivity index (χ2v) is 3.91. The highest BCUT2D eigenvalue weighted by Gasteiger charge is 2.25. The highest BCUT2D eigenvalue weighted by Crippen LogP contribution is 2.23. The van der Waals surface area contributed by atoms with Gasteiger partial charge in [0, 0.05) is 12.5 Å². The summed E-state index contributed by atoms with van der Waals surface area (Å²) in [6.07, 6.45) is 8.79. The minimum atomic E-state index is 0.0150. The van der Waals surface area contributed by atoms with Crippen LogP contribution in [0.25, 0.3) is 0 Å². The van der Waals surface area contributed by atoms with Crippen molar-refractivity contribution in [1.29, 1.82) is 5.26 Å². The summed E-state index contributed by atoms with van der Waals surface area (Å²) in [6, 6.07) is 0.198. The number of amides is 1. The Morgan fingerprint density at radius 2 is 2.14 bits per heavy atom. The van der Waals surface area contributed by atoms with Crippen molar-refractivity contribution in [2.45, 2.75) is 57.9 Å². The van der Waals surface area contributed by atoms with E-state index in [9.17, 15) is 4.79 Å². The van der Waals surface area contributed by atoms with Crippen molar-refractivity contribution in [2.24, 2.45) is 0 Å². The maximum atomic E-state index is 11.6. The number of nitriles is 1. The number of carbonyl (C=O) groups excluding carboxylic acids is 1. The molecule has 0 saturated heterocycles. The fourth-order valence-electron chi connectivity index (χ4n) is 1.95. The van der Waals surface area contributed by atoms with Gasteiger partial charge in [-0.3, -0.25) is 4.79 Å². The molecule has 0 aliphatic heterocycles. The molecule has 3 nitrogen and oxygen atoms in total. The van der Waals surface area contributed by atoms with Gasteiger partial charge in [-0.05, 0) is 19.3 Å². The normalized spacial score (nSPS) is 16.6. The zero-order valence-corrected chi connectivity index (χ0v) is 8.83. The zero-order chi connectivity index (χ0) is 10.4. The molecule has 0 spiro atoms. The second kappa shape index (κ2) is 5.64. The van der Waals surface area contributed by atoms with Gasteiger partial charge in [-0.2, -0.15) is 5.26 Å². The van der Waals surface area contributed by atoms with E-state index in [4.69, 9.17) is 5.26 Å². The lowest BCUT2D eigenvalue weighted by molar-refractivity contribution is -0.129. The molecule has 1 rings (SSSR count). The van der Waals surface area contributed by atoms with Gasteiger partial charge in [-0.15, -0.1) is 0 Å². The molecule has 0 aromatic rings. The third kappa shape index (κ3) is 2.73. The topological polar surface area (TPSA) is 44.1 Å². The van der Waals surface area contributed by atoms with Crippen molar-refractivity contribution in [2.75, 3.05) is 0 Å². The molecule has 0 heterocycles. The standard InChI is InChI=1S/C11H18N2O/c1-2-3-8-11(14)13(9-12)10-6-4-5-7-10/h10H,2-8H2,1H3. The fourth-order valence-corrected chi connectivity index (χ4v) is 1.95. The van der Waals surface area contributed by atoms with E-state index in [1.807, 2.05) is 6.19 Å². The third-order valence-electron chi connectivity index (χ3n) is 2.81. The molecule has 1 aliphatic carbocycles. The Labute approximate surface area is 85.7 Å². The van der Waals surface area contributed by atoms with Gasteiger partial charge in [0.25, 0.3) is 0 Å². The van der Waals surface area contributed by atoms with Gasteiger partial charge < -0.3 is 0 Å². The number of hydrogen-bond acceptors (Lipinski definition) is 2. The smallest absolute Gasteiger partial charge is 0.235 e. The monoisotopic (exact) mass is 194 g/mol. The number of rotatable bonds is 4. The summed E-state index contributed by atoms with van der Waals surface area (Å²) in [5, 5.41) is 8.91. The van der Waals surface area contributed by atoms with Crippen molar-refractivity contribution in [1.82, 2.24) is 4.90 Å². The summed E-state index contributed by atoms with van der Waals surface area (Å²) >= 11 is 0. The van der Waals surface area contributed by atoms with Crippen LogP contribution in [-0.2, 0) is 4.79 Å². The summed E-state index contributed by atoms with van der Waals surface area (Å²) in [5.41, 5.74) is 0. The number of hydrogen-bond donors (Lipinski definition) is 0. The molecule has 0 N–H and O–H groups in total. The molecule has 0 atom stereocenters. The molecule has 0 radical (unpaired) electrons. The van der Waals surface area contributed by atoms with E-state index in [0.717, 1.165) is 38.5 Å². The summed E-state index contributed by atoms with van der Waals surface area (Å²) in [4.78, 5) is 13.0. The summed E-state index contributed by atoms with van der Waals surface area (Å²) < 4.78 is 0. The van der Waals surface area contributed by atoms with Crippen molar-refractivity contribution in [3.05, 3.63) is 0 Å². The van der Waals surface area contributed by atoms with Crippen LogP contribution >= 0.6 is 0 Å². The Bertz CT molecular complexity index is 226. The van der Waals surface area contributed by atoms with E-state index in [-0.39, 0.29) is 11.9 Å². The highest BCUT2D eigenvalue weighted by molar-refractivity contribution is 5.78. The van der Waals surface area contributed by atoms with Crippen LogP contribution in [0.1, 0.15) is 51.9 Å². The lowest BCUT2D eigenvalue weighted by Gasteiger charge is -2.20. The van der Waals surface area contributed by atoms with Crippen molar-refractivity contribution in [3.63, 3.8) is 0 Å². The molecule has 1 amide bonds. The quantitative estimate of drug-likeness (QED) is 0.509. The summed E-state index contributed by atoms with van der Waals surface area (Å²) in [5.74, 6) is 0.0150. The van der Waals surface area contributed by atoms with Gasteiger partial charge in [-0.1, -0.05) is 26.2 Å². The number of carbonyl (C=O) groups is 1. The average molecular weight is 194 g/mol. The first-order valence-electron chi connectivity index (χ1n) is 5.51. The van der Waals surface area contributed by atoms with Crippen molar-refractivity contribution < 1.29 is 4.79 Å². The lowest BCUT2D eigenvalue weighted by atomic mass is 10.2. The third-order valence-corrected chi connectivity index (χ3v) is 2.81. The van der Waals surface area contributed by atoms with Gasteiger partial charge in [0.2, 0.25) is 5.91 Å². The molecule has 0 aromatic carbocycles. The van der Waals surface area contributed by atoms with Crippen LogP contribution in [0.15, 0.2) is 0 Å². The average Bonchev–Trinajstić information content (AvgIpc) is 2.69. The van der Waals surface area contributed by atoms with Crippen LogP contribution in [-0.4, -0.2) is 16.8 Å². The van der Waals surface area contributed by atoms with Crippen LogP contribution < -0.4 is 0 Å². The largest absolute Gasteiger partial charge is 0.274 e. The van der Waals surface area contributed by atoms with Gasteiger partial charge in [0.15, 0.2) is 6.19 Å². The fraction of sp³-hybridized carbons (Fsp3) is 0.818. The Kier molecular flexibility index (Phi) is 4.45. The maximum absolute atomic E-state index is 11.6. The molecule has 1 saturated carbocycles. The van der Waals surface area contributed by atoms with Crippen LogP contribution in [0.4, 0.5) is 0 Å². The van der Waals surface area contributed by atoms with Crippen LogP contribution in [0.5, 0.6) is 0 Å². The molecule has 78 valence electrons. The van der Waals surface area contributed by atoms with E-state index in [2.05, 4.69) is 6.92 Å². The Hall–Kier alpha value is -1.04. The van der Waals surface area contributed by atoms with Crippen LogP contribution in [0, 0.1) is 11.5 Å². The van der Waals surface area contributed by atoms with E-state index in [1.165, 1.54) is 4.90 Å². The first-order chi connectivity index (χ1) is 6.79. The lowest BCUT2D eigenvalue weighted by Crippen LogP contribution is -2.34. The predicted molar refractivity (Wildman–Crippen MR) is 54.2 cm³/mol. The Morgan fingerprint density at radius 3 is 2.64 bits per heavy atom. The molecule has 3 heteroatoms. The SMILES string of the molecule is CCCCC(=O)N(C#N)C1CCCC1. The molecular formula is C11H18N2O. The molecule has 1 fully saturated rings. The number of unbranched alkanes of at least 4 members (excludes halogenated alkanes) is 1. The van der Waals surface area contributed by atoms with Gasteiger partial charge in [0.1, 0.15) is 0 Å². The summed E-state index contributed by atoms with van der Waals surface area (Å²) in [6.45, 7) is 2.06. The molecule has 1 aliphatic rings. The maximum Gasteiger partial charge on any atom is 0.235 e. The van der Waals surface area contributed by atoms with Gasteiger partial charge >= 0.3 is 0 Å². The van der Waals surface area contributed by atoms with Crippen molar-refractivity contribution >= 4 is 5.91 Å². The van der Waals surface area contributed by atoms with Crippen LogP contribution in [0.3, 0.4) is 0 Å². The van der Waals surface area contributed by atoms with Crippen molar-refractivity contribution in [3.8, 4) is 6.19 Å². The Morgan fingerprint density at radius 1 is 1.50 bits per heavy atom. The van der Waals surface area contributed by atoms with E-state index < -0.39 is 0 Å². The molecular weight excluding hydrogens is 176 g/mol. The molecule has 0 unspecified atom stereocenters.